The highest BCUT2D eigenvalue weighted by Crippen LogP contribution is 2.16. The van der Waals surface area contributed by atoms with Gasteiger partial charge in [0.25, 0.3) is 5.91 Å². The van der Waals surface area contributed by atoms with Gasteiger partial charge >= 0.3 is 0 Å². The van der Waals surface area contributed by atoms with Gasteiger partial charge in [-0.25, -0.2) is 0 Å². The molecule has 0 spiro atoms. The topological polar surface area (TPSA) is 38.3 Å². The van der Waals surface area contributed by atoms with Crippen LogP contribution in [0.1, 0.15) is 35.7 Å². The zero-order valence-corrected chi connectivity index (χ0v) is 13.1. The second-order valence-electron chi connectivity index (χ2n) is 4.16. The normalized spacial score (nSPS) is 10.4. The molecule has 1 rings (SSSR count). The molecule has 4 heteroatoms. The molecule has 0 unspecified atom stereocenters. The van der Waals surface area contributed by atoms with Crippen LogP contribution in [0, 0.1) is 10.5 Å². The number of ether oxygens (including phenoxy) is 1. The van der Waals surface area contributed by atoms with Crippen LogP contribution in [0.2, 0.25) is 0 Å². The van der Waals surface area contributed by atoms with E-state index in [-0.39, 0.29) is 5.91 Å². The lowest BCUT2D eigenvalue weighted by Gasteiger charge is -2.08. The number of carbonyl (C=O) groups excluding carboxylic acids is 1. The maximum absolute atomic E-state index is 11.9. The molecule has 0 fully saturated rings. The average molecular weight is 361 g/mol. The van der Waals surface area contributed by atoms with E-state index in [9.17, 15) is 4.79 Å². The summed E-state index contributed by atoms with van der Waals surface area (Å²) < 4.78 is 6.38. The highest BCUT2D eigenvalue weighted by molar-refractivity contribution is 14.1. The molecule has 0 saturated heterocycles. The second-order valence-corrected chi connectivity index (χ2v) is 5.24. The predicted octanol–water partition coefficient (Wildman–Crippen LogP) is 3.15. The highest BCUT2D eigenvalue weighted by Gasteiger charge is 2.10. The van der Waals surface area contributed by atoms with Gasteiger partial charge in [-0.15, -0.1) is 0 Å². The van der Waals surface area contributed by atoms with Crippen molar-refractivity contribution in [3.63, 3.8) is 0 Å². The van der Waals surface area contributed by atoms with Crippen LogP contribution in [0.3, 0.4) is 0 Å². The Morgan fingerprint density at radius 1 is 1.39 bits per heavy atom. The molecule has 0 aliphatic heterocycles. The summed E-state index contributed by atoms with van der Waals surface area (Å²) in [5, 5.41) is 2.92. The summed E-state index contributed by atoms with van der Waals surface area (Å²) in [7, 11) is 0. The Kier molecular flexibility index (Phi) is 7.27. The van der Waals surface area contributed by atoms with Crippen molar-refractivity contribution in [1.29, 1.82) is 0 Å². The van der Waals surface area contributed by atoms with Gasteiger partial charge in [0.2, 0.25) is 0 Å². The quantitative estimate of drug-likeness (QED) is 0.599. The first-order valence-corrected chi connectivity index (χ1v) is 7.35. The van der Waals surface area contributed by atoms with Crippen molar-refractivity contribution in [1.82, 2.24) is 5.32 Å². The van der Waals surface area contributed by atoms with E-state index < -0.39 is 0 Å². The first kappa shape index (κ1) is 15.4. The summed E-state index contributed by atoms with van der Waals surface area (Å²) in [4.78, 5) is 11.9. The fourth-order valence-corrected chi connectivity index (χ4v) is 2.15. The molecule has 0 saturated carbocycles. The second kappa shape index (κ2) is 8.48. The molecule has 1 amide bonds. The smallest absolute Gasteiger partial charge is 0.252 e. The van der Waals surface area contributed by atoms with Crippen molar-refractivity contribution in [2.24, 2.45) is 0 Å². The first-order valence-electron chi connectivity index (χ1n) is 6.28. The van der Waals surface area contributed by atoms with Crippen molar-refractivity contribution >= 4 is 28.5 Å². The van der Waals surface area contributed by atoms with Crippen LogP contribution >= 0.6 is 22.6 Å². The maximum Gasteiger partial charge on any atom is 0.252 e. The number of benzene rings is 1. The number of hydrogen-bond donors (Lipinski definition) is 1. The highest BCUT2D eigenvalue weighted by atomic mass is 127. The molecule has 0 radical (unpaired) electrons. The third-order valence-corrected chi connectivity index (χ3v) is 3.97. The molecule has 1 aromatic rings. The van der Waals surface area contributed by atoms with E-state index in [2.05, 4.69) is 34.8 Å². The van der Waals surface area contributed by atoms with Gasteiger partial charge in [0.15, 0.2) is 0 Å². The minimum absolute atomic E-state index is 0.00130. The number of aryl methyl sites for hydroxylation is 1. The molecule has 0 aliphatic rings. The van der Waals surface area contributed by atoms with Crippen molar-refractivity contribution in [3.05, 3.63) is 32.9 Å². The summed E-state index contributed by atoms with van der Waals surface area (Å²) in [5.74, 6) is -0.00130. The fraction of sp³-hybridized carbons (Fsp3) is 0.500. The van der Waals surface area contributed by atoms with Crippen LogP contribution in [0.15, 0.2) is 18.2 Å². The average Bonchev–Trinajstić information content (AvgIpc) is 2.36. The summed E-state index contributed by atoms with van der Waals surface area (Å²) in [6.07, 6.45) is 1.89. The SMILES string of the molecule is CCCOCCCNC(=O)c1cccc(C)c1I. The van der Waals surface area contributed by atoms with E-state index in [1.165, 1.54) is 0 Å². The Morgan fingerprint density at radius 3 is 2.89 bits per heavy atom. The number of halogens is 1. The van der Waals surface area contributed by atoms with E-state index in [0.29, 0.717) is 13.2 Å². The minimum Gasteiger partial charge on any atom is -0.381 e. The molecule has 100 valence electrons. The molecule has 1 aromatic carbocycles. The van der Waals surface area contributed by atoms with Gasteiger partial charge in [-0.3, -0.25) is 4.79 Å². The molecule has 0 heterocycles. The van der Waals surface area contributed by atoms with Crippen LogP contribution in [0.25, 0.3) is 0 Å². The Balaban J connectivity index is 2.35. The molecule has 0 aromatic heterocycles. The van der Waals surface area contributed by atoms with Crippen molar-refractivity contribution in [2.45, 2.75) is 26.7 Å². The molecule has 18 heavy (non-hydrogen) atoms. The maximum atomic E-state index is 11.9. The summed E-state index contributed by atoms with van der Waals surface area (Å²) in [6, 6.07) is 5.78. The first-order chi connectivity index (χ1) is 8.66. The van der Waals surface area contributed by atoms with E-state index in [1.54, 1.807) is 0 Å². The molecule has 0 aliphatic carbocycles. The lowest BCUT2D eigenvalue weighted by atomic mass is 10.1. The van der Waals surface area contributed by atoms with Gasteiger partial charge in [-0.2, -0.15) is 0 Å². The standard InChI is InChI=1S/C14H20INO2/c1-3-9-18-10-5-8-16-14(17)12-7-4-6-11(2)13(12)15/h4,6-7H,3,5,8-10H2,1-2H3,(H,16,17). The van der Waals surface area contributed by atoms with E-state index >= 15 is 0 Å². The van der Waals surface area contributed by atoms with Crippen LogP contribution in [0.4, 0.5) is 0 Å². The molecule has 3 nitrogen and oxygen atoms in total. The van der Waals surface area contributed by atoms with Crippen LogP contribution in [0.5, 0.6) is 0 Å². The van der Waals surface area contributed by atoms with Gasteiger partial charge in [0, 0.05) is 23.3 Å². The van der Waals surface area contributed by atoms with E-state index in [4.69, 9.17) is 4.74 Å². The Hall–Kier alpha value is -0.620. The van der Waals surface area contributed by atoms with Crippen LogP contribution < -0.4 is 5.32 Å². The van der Waals surface area contributed by atoms with Gasteiger partial charge in [0.1, 0.15) is 0 Å². The third-order valence-electron chi connectivity index (χ3n) is 2.54. The van der Waals surface area contributed by atoms with Gasteiger partial charge < -0.3 is 10.1 Å². The Bertz CT molecular complexity index is 393. The zero-order chi connectivity index (χ0) is 13.4. The number of nitrogens with one attached hydrogen (secondary N) is 1. The van der Waals surface area contributed by atoms with E-state index in [0.717, 1.165) is 34.1 Å². The van der Waals surface area contributed by atoms with Crippen molar-refractivity contribution in [2.75, 3.05) is 19.8 Å². The van der Waals surface area contributed by atoms with Crippen molar-refractivity contribution in [3.8, 4) is 0 Å². The van der Waals surface area contributed by atoms with Crippen LogP contribution in [-0.4, -0.2) is 25.7 Å². The number of rotatable bonds is 7. The van der Waals surface area contributed by atoms with Gasteiger partial charge in [-0.1, -0.05) is 19.1 Å². The Labute approximate surface area is 122 Å². The van der Waals surface area contributed by atoms with Crippen molar-refractivity contribution < 1.29 is 9.53 Å². The third kappa shape index (κ3) is 4.94. The van der Waals surface area contributed by atoms with E-state index in [1.807, 2.05) is 25.1 Å². The molecule has 0 atom stereocenters. The molecular weight excluding hydrogens is 341 g/mol. The zero-order valence-electron chi connectivity index (χ0n) is 11.0. The lowest BCUT2D eigenvalue weighted by Crippen LogP contribution is -2.26. The molecular formula is C14H20INO2. The summed E-state index contributed by atoms with van der Waals surface area (Å²) in [6.45, 7) is 6.26. The number of carbonyl (C=O) groups is 1. The number of amides is 1. The lowest BCUT2D eigenvalue weighted by molar-refractivity contribution is 0.0940. The fourth-order valence-electron chi connectivity index (χ4n) is 1.54. The Morgan fingerprint density at radius 2 is 2.17 bits per heavy atom. The predicted molar refractivity (Wildman–Crippen MR) is 82.0 cm³/mol. The summed E-state index contributed by atoms with van der Waals surface area (Å²) >= 11 is 2.21. The number of hydrogen-bond acceptors (Lipinski definition) is 2. The summed E-state index contributed by atoms with van der Waals surface area (Å²) in [5.41, 5.74) is 1.89. The van der Waals surface area contributed by atoms with Gasteiger partial charge in [-0.05, 0) is 54.0 Å². The van der Waals surface area contributed by atoms with Crippen LogP contribution in [-0.2, 0) is 4.74 Å². The molecule has 0 bridgehead atoms. The minimum atomic E-state index is -0.00130. The van der Waals surface area contributed by atoms with Gasteiger partial charge in [0.05, 0.1) is 5.56 Å². The molecule has 1 N–H and O–H groups in total. The monoisotopic (exact) mass is 361 g/mol. The largest absolute Gasteiger partial charge is 0.381 e.